The molecule has 9 heteroatoms. The van der Waals surface area contributed by atoms with Crippen molar-refractivity contribution in [2.45, 2.75) is 5.16 Å². The van der Waals surface area contributed by atoms with E-state index in [9.17, 15) is 9.59 Å². The Kier molecular flexibility index (Phi) is 6.28. The van der Waals surface area contributed by atoms with Crippen LogP contribution in [0.5, 0.6) is 11.5 Å². The molecule has 0 radical (unpaired) electrons. The Morgan fingerprint density at radius 3 is 2.50 bits per heavy atom. The number of carbonyl (C=O) groups excluding carboxylic acids is 1. The van der Waals surface area contributed by atoms with Crippen LogP contribution in [0.25, 0.3) is 11.3 Å². The SMILES string of the molecule is COc1ccc(-c2nnc(SCC(=O)Nc3ccccc3OC)[nH]c2=O)cc1. The number of nitrogens with one attached hydrogen (secondary N) is 2. The predicted molar refractivity (Wildman–Crippen MR) is 107 cm³/mol. The number of hydrogen-bond acceptors (Lipinski definition) is 7. The summed E-state index contributed by atoms with van der Waals surface area (Å²) in [4.78, 5) is 27.1. The lowest BCUT2D eigenvalue weighted by molar-refractivity contribution is -0.113. The van der Waals surface area contributed by atoms with Gasteiger partial charge in [0.1, 0.15) is 11.5 Å². The first-order valence-corrected chi connectivity index (χ1v) is 9.26. The first-order valence-electron chi connectivity index (χ1n) is 8.28. The third-order valence-electron chi connectivity index (χ3n) is 3.76. The molecule has 0 bridgehead atoms. The Balaban J connectivity index is 1.64. The number of hydrogen-bond donors (Lipinski definition) is 2. The Hall–Kier alpha value is -3.33. The molecule has 144 valence electrons. The van der Waals surface area contributed by atoms with Gasteiger partial charge in [-0.05, 0) is 36.4 Å². The lowest BCUT2D eigenvalue weighted by Crippen LogP contribution is -2.17. The van der Waals surface area contributed by atoms with Gasteiger partial charge in [-0.1, -0.05) is 23.9 Å². The van der Waals surface area contributed by atoms with Crippen molar-refractivity contribution < 1.29 is 14.3 Å². The maximum absolute atomic E-state index is 12.3. The van der Waals surface area contributed by atoms with E-state index in [0.29, 0.717) is 22.7 Å². The van der Waals surface area contributed by atoms with Crippen molar-refractivity contribution in [3.63, 3.8) is 0 Å². The number of anilines is 1. The topological polar surface area (TPSA) is 106 Å². The van der Waals surface area contributed by atoms with Crippen LogP contribution >= 0.6 is 11.8 Å². The van der Waals surface area contributed by atoms with Crippen LogP contribution in [0.2, 0.25) is 0 Å². The van der Waals surface area contributed by atoms with Gasteiger partial charge < -0.3 is 14.8 Å². The Morgan fingerprint density at radius 1 is 1.07 bits per heavy atom. The van der Waals surface area contributed by atoms with E-state index in [1.54, 1.807) is 49.6 Å². The summed E-state index contributed by atoms with van der Waals surface area (Å²) in [5.74, 6) is 1.06. The molecular formula is C19H18N4O4S. The zero-order valence-electron chi connectivity index (χ0n) is 15.3. The molecule has 0 saturated carbocycles. The monoisotopic (exact) mass is 398 g/mol. The quantitative estimate of drug-likeness (QED) is 0.589. The van der Waals surface area contributed by atoms with Gasteiger partial charge in [0.2, 0.25) is 5.91 Å². The summed E-state index contributed by atoms with van der Waals surface area (Å²) in [5, 5.41) is 11.0. The Bertz CT molecular complexity index is 1020. The number of ether oxygens (including phenoxy) is 2. The first kappa shape index (κ1) is 19.4. The molecular weight excluding hydrogens is 380 g/mol. The Labute approximate surface area is 165 Å². The molecule has 0 aliphatic carbocycles. The largest absolute Gasteiger partial charge is 0.497 e. The van der Waals surface area contributed by atoms with Gasteiger partial charge in [0.15, 0.2) is 10.9 Å². The van der Waals surface area contributed by atoms with Crippen LogP contribution in [0.4, 0.5) is 5.69 Å². The number of carbonyl (C=O) groups is 1. The van der Waals surface area contributed by atoms with Crippen molar-refractivity contribution in [2.24, 2.45) is 0 Å². The highest BCUT2D eigenvalue weighted by Crippen LogP contribution is 2.23. The number of rotatable bonds is 7. The average molecular weight is 398 g/mol. The third-order valence-corrected chi connectivity index (χ3v) is 4.62. The molecule has 0 atom stereocenters. The smallest absolute Gasteiger partial charge is 0.278 e. The van der Waals surface area contributed by atoms with Crippen LogP contribution in [0.15, 0.2) is 58.5 Å². The number of methoxy groups -OCH3 is 2. The molecule has 1 heterocycles. The summed E-state index contributed by atoms with van der Waals surface area (Å²) in [6, 6.07) is 14.0. The fraction of sp³-hybridized carbons (Fsp3) is 0.158. The number of aromatic nitrogens is 3. The lowest BCUT2D eigenvalue weighted by atomic mass is 10.1. The summed E-state index contributed by atoms with van der Waals surface area (Å²) in [6.07, 6.45) is 0. The van der Waals surface area contributed by atoms with E-state index in [4.69, 9.17) is 9.47 Å². The zero-order chi connectivity index (χ0) is 19.9. The van der Waals surface area contributed by atoms with Crippen molar-refractivity contribution in [1.82, 2.24) is 15.2 Å². The second-order valence-electron chi connectivity index (χ2n) is 5.57. The van der Waals surface area contributed by atoms with Crippen molar-refractivity contribution in [3.8, 4) is 22.8 Å². The molecule has 2 N–H and O–H groups in total. The van der Waals surface area contributed by atoms with E-state index in [1.165, 1.54) is 7.11 Å². The molecule has 1 amide bonds. The zero-order valence-corrected chi connectivity index (χ0v) is 16.1. The number of para-hydroxylation sites is 2. The molecule has 28 heavy (non-hydrogen) atoms. The summed E-state index contributed by atoms with van der Waals surface area (Å²) < 4.78 is 10.3. The van der Waals surface area contributed by atoms with Crippen LogP contribution in [0.3, 0.4) is 0 Å². The molecule has 8 nitrogen and oxygen atoms in total. The molecule has 3 rings (SSSR count). The number of benzene rings is 2. The fourth-order valence-electron chi connectivity index (χ4n) is 2.39. The number of nitrogens with zero attached hydrogens (tertiary/aromatic N) is 2. The van der Waals surface area contributed by atoms with Crippen LogP contribution in [-0.4, -0.2) is 41.1 Å². The highest BCUT2D eigenvalue weighted by Gasteiger charge is 2.11. The molecule has 2 aromatic carbocycles. The van der Waals surface area contributed by atoms with Crippen LogP contribution < -0.4 is 20.3 Å². The van der Waals surface area contributed by atoms with Gasteiger partial charge in [-0.2, -0.15) is 0 Å². The molecule has 1 aromatic heterocycles. The molecule has 0 unspecified atom stereocenters. The maximum Gasteiger partial charge on any atom is 0.278 e. The standard InChI is InChI=1S/C19H18N4O4S/c1-26-13-9-7-12(8-10-13)17-18(25)21-19(23-22-17)28-11-16(24)20-14-5-3-4-6-15(14)27-2/h3-10H,11H2,1-2H3,(H,20,24)(H,21,23,25). The van der Waals surface area contributed by atoms with Crippen molar-refractivity contribution in [3.05, 3.63) is 58.9 Å². The average Bonchev–Trinajstić information content (AvgIpc) is 2.73. The minimum absolute atomic E-state index is 0.0601. The first-order chi connectivity index (χ1) is 13.6. The number of amides is 1. The molecule has 0 aliphatic heterocycles. The minimum atomic E-state index is -0.382. The second kappa shape index (κ2) is 9.05. The van der Waals surface area contributed by atoms with Gasteiger partial charge in [-0.15, -0.1) is 10.2 Å². The van der Waals surface area contributed by atoms with Gasteiger partial charge >= 0.3 is 0 Å². The summed E-state index contributed by atoms with van der Waals surface area (Å²) in [7, 11) is 3.10. The van der Waals surface area contributed by atoms with Gasteiger partial charge in [-0.3, -0.25) is 14.6 Å². The van der Waals surface area contributed by atoms with Gasteiger partial charge in [0.05, 0.1) is 25.7 Å². The van der Waals surface area contributed by atoms with E-state index in [0.717, 1.165) is 11.8 Å². The second-order valence-corrected chi connectivity index (χ2v) is 6.54. The highest BCUT2D eigenvalue weighted by atomic mass is 32.2. The van der Waals surface area contributed by atoms with Crippen LogP contribution in [0.1, 0.15) is 0 Å². The molecule has 0 fully saturated rings. The van der Waals surface area contributed by atoms with Gasteiger partial charge in [0.25, 0.3) is 5.56 Å². The van der Waals surface area contributed by atoms with Gasteiger partial charge in [-0.25, -0.2) is 0 Å². The number of thioether (sulfide) groups is 1. The highest BCUT2D eigenvalue weighted by molar-refractivity contribution is 7.99. The van der Waals surface area contributed by atoms with Gasteiger partial charge in [0, 0.05) is 5.56 Å². The van der Waals surface area contributed by atoms with Crippen LogP contribution in [-0.2, 0) is 4.79 Å². The van der Waals surface area contributed by atoms with Crippen molar-refractivity contribution >= 4 is 23.4 Å². The minimum Gasteiger partial charge on any atom is -0.497 e. The van der Waals surface area contributed by atoms with Crippen LogP contribution in [0, 0.1) is 0 Å². The number of aromatic amines is 1. The van der Waals surface area contributed by atoms with E-state index in [2.05, 4.69) is 20.5 Å². The maximum atomic E-state index is 12.3. The fourth-order valence-corrected chi connectivity index (χ4v) is 3.00. The normalized spacial score (nSPS) is 10.4. The third kappa shape index (κ3) is 4.68. The van der Waals surface area contributed by atoms with E-state index < -0.39 is 0 Å². The summed E-state index contributed by atoms with van der Waals surface area (Å²) in [5.41, 5.74) is 1.02. The van der Waals surface area contributed by atoms with E-state index in [1.807, 2.05) is 6.07 Å². The summed E-state index contributed by atoms with van der Waals surface area (Å²) >= 11 is 1.08. The summed E-state index contributed by atoms with van der Waals surface area (Å²) in [6.45, 7) is 0. The Morgan fingerprint density at radius 2 is 1.82 bits per heavy atom. The molecule has 0 saturated heterocycles. The molecule has 0 aliphatic rings. The van der Waals surface area contributed by atoms with Crippen molar-refractivity contribution in [1.29, 1.82) is 0 Å². The van der Waals surface area contributed by atoms with E-state index in [-0.39, 0.29) is 28.1 Å². The van der Waals surface area contributed by atoms with Crippen molar-refractivity contribution in [2.75, 3.05) is 25.3 Å². The number of H-pyrrole nitrogens is 1. The molecule has 0 spiro atoms. The lowest BCUT2D eigenvalue weighted by Gasteiger charge is -2.09. The van der Waals surface area contributed by atoms with E-state index >= 15 is 0 Å². The molecule has 3 aromatic rings. The predicted octanol–water partition coefficient (Wildman–Crippen LogP) is 2.58.